The van der Waals surface area contributed by atoms with Crippen LogP contribution in [0, 0.1) is 11.8 Å². The number of nitrogens with one attached hydrogen (secondary N) is 1. The summed E-state index contributed by atoms with van der Waals surface area (Å²) in [7, 11) is 0. The number of nitrogens with two attached hydrogens (primary N) is 1. The van der Waals surface area contributed by atoms with E-state index in [1.165, 1.54) is 25.7 Å². The highest BCUT2D eigenvalue weighted by molar-refractivity contribution is 5.78. The molecule has 0 aromatic heterocycles. The van der Waals surface area contributed by atoms with Gasteiger partial charge in [0.2, 0.25) is 5.91 Å². The fourth-order valence-corrected chi connectivity index (χ4v) is 3.26. The second-order valence-corrected chi connectivity index (χ2v) is 6.02. The molecule has 19 heavy (non-hydrogen) atoms. The summed E-state index contributed by atoms with van der Waals surface area (Å²) in [5.41, 5.74) is 5.67. The molecule has 2 fully saturated rings. The molecule has 0 heterocycles. The first-order valence-electron chi connectivity index (χ1n) is 7.89. The molecule has 0 bridgehead atoms. The highest BCUT2D eigenvalue weighted by Crippen LogP contribution is 2.28. The van der Waals surface area contributed by atoms with Crippen molar-refractivity contribution >= 4 is 5.91 Å². The molecule has 4 heteroatoms. The monoisotopic (exact) mass is 268 g/mol. The van der Waals surface area contributed by atoms with Crippen LogP contribution in [0.1, 0.15) is 51.4 Å². The molecule has 110 valence electrons. The molecule has 0 aromatic rings. The van der Waals surface area contributed by atoms with Crippen LogP contribution in [0.25, 0.3) is 0 Å². The topological polar surface area (TPSA) is 64.4 Å². The first kappa shape index (κ1) is 14.8. The van der Waals surface area contributed by atoms with E-state index < -0.39 is 0 Å². The SMILES string of the molecule is NCC1CCC(C(=O)NCCOC2CCCC2)CC1. The molecule has 2 aliphatic rings. The summed E-state index contributed by atoms with van der Waals surface area (Å²) in [6.45, 7) is 2.09. The van der Waals surface area contributed by atoms with E-state index in [4.69, 9.17) is 10.5 Å². The van der Waals surface area contributed by atoms with Gasteiger partial charge in [-0.1, -0.05) is 12.8 Å². The summed E-state index contributed by atoms with van der Waals surface area (Å²) in [6, 6.07) is 0. The van der Waals surface area contributed by atoms with Crippen molar-refractivity contribution in [3.05, 3.63) is 0 Å². The van der Waals surface area contributed by atoms with Gasteiger partial charge in [-0.2, -0.15) is 0 Å². The molecule has 0 unspecified atom stereocenters. The third-order valence-corrected chi connectivity index (χ3v) is 4.61. The van der Waals surface area contributed by atoms with Gasteiger partial charge in [0.25, 0.3) is 0 Å². The maximum atomic E-state index is 12.0. The van der Waals surface area contributed by atoms with Gasteiger partial charge in [0.05, 0.1) is 12.7 Å². The summed E-state index contributed by atoms with van der Waals surface area (Å²) in [5.74, 6) is 1.05. The smallest absolute Gasteiger partial charge is 0.223 e. The largest absolute Gasteiger partial charge is 0.376 e. The number of ether oxygens (including phenoxy) is 1. The van der Waals surface area contributed by atoms with Crippen molar-refractivity contribution in [1.82, 2.24) is 5.32 Å². The highest BCUT2D eigenvalue weighted by atomic mass is 16.5. The molecule has 0 radical (unpaired) electrons. The van der Waals surface area contributed by atoms with Gasteiger partial charge in [-0.25, -0.2) is 0 Å². The van der Waals surface area contributed by atoms with Gasteiger partial charge in [0, 0.05) is 12.5 Å². The van der Waals surface area contributed by atoms with Gasteiger partial charge < -0.3 is 15.8 Å². The lowest BCUT2D eigenvalue weighted by Crippen LogP contribution is -2.36. The van der Waals surface area contributed by atoms with E-state index in [0.717, 1.165) is 32.2 Å². The van der Waals surface area contributed by atoms with Crippen LogP contribution in [0.4, 0.5) is 0 Å². The van der Waals surface area contributed by atoms with E-state index in [0.29, 0.717) is 25.2 Å². The lowest BCUT2D eigenvalue weighted by atomic mass is 9.81. The molecule has 0 aromatic carbocycles. The first-order valence-corrected chi connectivity index (χ1v) is 7.89. The molecule has 3 N–H and O–H groups in total. The van der Waals surface area contributed by atoms with Crippen molar-refractivity contribution in [3.63, 3.8) is 0 Å². The molecule has 1 amide bonds. The van der Waals surface area contributed by atoms with E-state index in [1.54, 1.807) is 0 Å². The van der Waals surface area contributed by atoms with E-state index in [-0.39, 0.29) is 11.8 Å². The maximum Gasteiger partial charge on any atom is 0.223 e. The van der Waals surface area contributed by atoms with E-state index in [9.17, 15) is 4.79 Å². The van der Waals surface area contributed by atoms with Crippen LogP contribution >= 0.6 is 0 Å². The molecular formula is C15H28N2O2. The van der Waals surface area contributed by atoms with Crippen LogP contribution in [0.15, 0.2) is 0 Å². The Balaban J connectivity index is 1.54. The van der Waals surface area contributed by atoms with Crippen molar-refractivity contribution in [2.45, 2.75) is 57.5 Å². The van der Waals surface area contributed by atoms with Gasteiger partial charge in [-0.3, -0.25) is 4.79 Å². The standard InChI is InChI=1S/C15H28N2O2/c16-11-12-5-7-13(8-6-12)15(18)17-9-10-19-14-3-1-2-4-14/h12-14H,1-11,16H2,(H,17,18). The van der Waals surface area contributed by atoms with Crippen LogP contribution in [0.2, 0.25) is 0 Å². The van der Waals surface area contributed by atoms with Crippen LogP contribution in [-0.2, 0) is 9.53 Å². The number of carbonyl (C=O) groups excluding carboxylic acids is 1. The van der Waals surface area contributed by atoms with Crippen molar-refractivity contribution in [1.29, 1.82) is 0 Å². The lowest BCUT2D eigenvalue weighted by Gasteiger charge is -2.26. The Kier molecular flexibility index (Phi) is 6.11. The van der Waals surface area contributed by atoms with Crippen LogP contribution in [-0.4, -0.2) is 31.7 Å². The van der Waals surface area contributed by atoms with Gasteiger partial charge in [-0.15, -0.1) is 0 Å². The third kappa shape index (κ3) is 4.77. The molecule has 0 aliphatic heterocycles. The Morgan fingerprint density at radius 1 is 1.11 bits per heavy atom. The molecule has 2 aliphatic carbocycles. The normalized spacial score (nSPS) is 28.5. The zero-order valence-corrected chi connectivity index (χ0v) is 11.9. The van der Waals surface area contributed by atoms with Crippen LogP contribution < -0.4 is 11.1 Å². The minimum absolute atomic E-state index is 0.203. The first-order chi connectivity index (χ1) is 9.29. The average Bonchev–Trinajstić information content (AvgIpc) is 2.96. The van der Waals surface area contributed by atoms with Crippen molar-refractivity contribution in [3.8, 4) is 0 Å². The predicted octanol–water partition coefficient (Wildman–Crippen LogP) is 1.83. The zero-order chi connectivity index (χ0) is 13.5. The summed E-state index contributed by atoms with van der Waals surface area (Å²) in [4.78, 5) is 12.0. The Bertz CT molecular complexity index is 269. The summed E-state index contributed by atoms with van der Waals surface area (Å²) in [5, 5.41) is 3.01. The molecule has 0 atom stereocenters. The van der Waals surface area contributed by atoms with E-state index in [1.807, 2.05) is 0 Å². The molecule has 2 rings (SSSR count). The minimum Gasteiger partial charge on any atom is -0.376 e. The molecule has 4 nitrogen and oxygen atoms in total. The number of amides is 1. The van der Waals surface area contributed by atoms with Crippen molar-refractivity contribution in [2.75, 3.05) is 19.7 Å². The maximum absolute atomic E-state index is 12.0. The van der Waals surface area contributed by atoms with E-state index >= 15 is 0 Å². The van der Waals surface area contributed by atoms with Gasteiger partial charge in [0.1, 0.15) is 0 Å². The lowest BCUT2D eigenvalue weighted by molar-refractivity contribution is -0.126. The fraction of sp³-hybridized carbons (Fsp3) is 0.933. The van der Waals surface area contributed by atoms with E-state index in [2.05, 4.69) is 5.32 Å². The predicted molar refractivity (Wildman–Crippen MR) is 75.7 cm³/mol. The Labute approximate surface area is 116 Å². The minimum atomic E-state index is 0.203. The highest BCUT2D eigenvalue weighted by Gasteiger charge is 2.25. The molecule has 0 saturated heterocycles. The Morgan fingerprint density at radius 3 is 2.42 bits per heavy atom. The quantitative estimate of drug-likeness (QED) is 0.722. The summed E-state index contributed by atoms with van der Waals surface area (Å²) < 4.78 is 5.74. The third-order valence-electron chi connectivity index (χ3n) is 4.61. The van der Waals surface area contributed by atoms with Gasteiger partial charge in [0.15, 0.2) is 0 Å². The summed E-state index contributed by atoms with van der Waals surface area (Å²) >= 11 is 0. The van der Waals surface area contributed by atoms with Crippen LogP contribution in [0.3, 0.4) is 0 Å². The summed E-state index contributed by atoms with van der Waals surface area (Å²) in [6.07, 6.45) is 9.61. The van der Waals surface area contributed by atoms with Crippen LogP contribution in [0.5, 0.6) is 0 Å². The van der Waals surface area contributed by atoms with Crippen molar-refractivity contribution in [2.24, 2.45) is 17.6 Å². The number of carbonyl (C=O) groups is 1. The number of rotatable bonds is 6. The van der Waals surface area contributed by atoms with Crippen molar-refractivity contribution < 1.29 is 9.53 Å². The Morgan fingerprint density at radius 2 is 1.79 bits per heavy atom. The average molecular weight is 268 g/mol. The second kappa shape index (κ2) is 7.85. The zero-order valence-electron chi connectivity index (χ0n) is 11.9. The number of hydrogen-bond donors (Lipinski definition) is 2. The molecule has 0 spiro atoms. The fourth-order valence-electron chi connectivity index (χ4n) is 3.26. The van der Waals surface area contributed by atoms with Gasteiger partial charge in [-0.05, 0) is 51.0 Å². The number of hydrogen-bond acceptors (Lipinski definition) is 3. The molecular weight excluding hydrogens is 240 g/mol. The van der Waals surface area contributed by atoms with Gasteiger partial charge >= 0.3 is 0 Å². The molecule has 2 saturated carbocycles. The Hall–Kier alpha value is -0.610. The second-order valence-electron chi connectivity index (χ2n) is 6.02.